The van der Waals surface area contributed by atoms with E-state index in [2.05, 4.69) is 24.4 Å². The molecule has 3 atom stereocenters. The molecule has 3 rings (SSSR count). The van der Waals surface area contributed by atoms with E-state index in [1.54, 1.807) is 6.92 Å². The van der Waals surface area contributed by atoms with Crippen molar-refractivity contribution in [2.45, 2.75) is 50.5 Å². The first-order valence-electron chi connectivity index (χ1n) is 7.64. The molecule has 2 aliphatic rings. The standard InChI is InChI=1S/C17H21NO3/c1-3-21-16(20)15-17(10-14(19)18-15)9-8-11(2)12-6-4-5-7-13(12)17/h4-7,11,15H,3,8-10H2,1-2H3,(H,18,19). The van der Waals surface area contributed by atoms with Crippen molar-refractivity contribution in [1.29, 1.82) is 0 Å². The number of ether oxygens (including phenoxy) is 1. The van der Waals surface area contributed by atoms with Gasteiger partial charge in [0.05, 0.1) is 6.61 Å². The molecular formula is C17H21NO3. The summed E-state index contributed by atoms with van der Waals surface area (Å²) in [6.45, 7) is 4.33. The van der Waals surface area contributed by atoms with Crippen molar-refractivity contribution in [1.82, 2.24) is 5.32 Å². The lowest BCUT2D eigenvalue weighted by molar-refractivity contribution is -0.147. The van der Waals surface area contributed by atoms with Crippen molar-refractivity contribution in [3.05, 3.63) is 35.4 Å². The molecule has 0 saturated carbocycles. The van der Waals surface area contributed by atoms with Crippen molar-refractivity contribution >= 4 is 11.9 Å². The van der Waals surface area contributed by atoms with Crippen LogP contribution in [0, 0.1) is 0 Å². The summed E-state index contributed by atoms with van der Waals surface area (Å²) in [5, 5.41) is 2.84. The van der Waals surface area contributed by atoms with Gasteiger partial charge >= 0.3 is 5.97 Å². The van der Waals surface area contributed by atoms with Crippen molar-refractivity contribution in [3.63, 3.8) is 0 Å². The Morgan fingerprint density at radius 2 is 2.19 bits per heavy atom. The fraction of sp³-hybridized carbons (Fsp3) is 0.529. The van der Waals surface area contributed by atoms with Gasteiger partial charge in [-0.25, -0.2) is 4.79 Å². The van der Waals surface area contributed by atoms with Crippen molar-refractivity contribution < 1.29 is 14.3 Å². The molecule has 4 nitrogen and oxygen atoms in total. The monoisotopic (exact) mass is 287 g/mol. The van der Waals surface area contributed by atoms with Gasteiger partial charge in [0, 0.05) is 11.8 Å². The summed E-state index contributed by atoms with van der Waals surface area (Å²) in [6, 6.07) is 7.64. The van der Waals surface area contributed by atoms with Crippen LogP contribution < -0.4 is 5.32 Å². The van der Waals surface area contributed by atoms with Gasteiger partial charge in [0.2, 0.25) is 5.91 Å². The Kier molecular flexibility index (Phi) is 3.47. The molecule has 1 aliphatic heterocycles. The predicted molar refractivity (Wildman–Crippen MR) is 78.9 cm³/mol. The third-order valence-corrected chi connectivity index (χ3v) is 4.91. The number of nitrogens with one attached hydrogen (secondary N) is 1. The normalized spacial score (nSPS) is 30.9. The molecule has 1 aliphatic carbocycles. The first-order chi connectivity index (χ1) is 10.1. The molecule has 1 spiro atoms. The molecule has 0 aromatic heterocycles. The molecule has 1 amide bonds. The number of hydrogen-bond acceptors (Lipinski definition) is 3. The van der Waals surface area contributed by atoms with Gasteiger partial charge in [0.15, 0.2) is 0 Å². The van der Waals surface area contributed by atoms with E-state index in [0.29, 0.717) is 18.9 Å². The average Bonchev–Trinajstić information content (AvgIpc) is 2.82. The molecule has 1 heterocycles. The van der Waals surface area contributed by atoms with Crippen molar-refractivity contribution in [2.24, 2.45) is 0 Å². The van der Waals surface area contributed by atoms with E-state index < -0.39 is 11.5 Å². The highest BCUT2D eigenvalue weighted by molar-refractivity contribution is 5.92. The quantitative estimate of drug-likeness (QED) is 0.849. The number of hydrogen-bond donors (Lipinski definition) is 1. The zero-order chi connectivity index (χ0) is 15.0. The molecule has 4 heteroatoms. The third-order valence-electron chi connectivity index (χ3n) is 4.91. The second kappa shape index (κ2) is 5.17. The lowest BCUT2D eigenvalue weighted by atomic mass is 9.63. The van der Waals surface area contributed by atoms with E-state index in [0.717, 1.165) is 18.4 Å². The summed E-state index contributed by atoms with van der Waals surface area (Å²) in [6.07, 6.45) is 2.20. The molecule has 1 aromatic carbocycles. The van der Waals surface area contributed by atoms with Crippen molar-refractivity contribution in [3.8, 4) is 0 Å². The Balaban J connectivity index is 2.08. The van der Waals surface area contributed by atoms with Gasteiger partial charge in [0.1, 0.15) is 6.04 Å². The molecule has 3 unspecified atom stereocenters. The van der Waals surface area contributed by atoms with Crippen LogP contribution >= 0.6 is 0 Å². The minimum absolute atomic E-state index is 0.0580. The largest absolute Gasteiger partial charge is 0.464 e. The molecule has 0 bridgehead atoms. The van der Waals surface area contributed by atoms with Gasteiger partial charge in [-0.3, -0.25) is 4.79 Å². The molecule has 21 heavy (non-hydrogen) atoms. The predicted octanol–water partition coefficient (Wildman–Crippen LogP) is 2.27. The molecule has 1 aromatic rings. The summed E-state index contributed by atoms with van der Waals surface area (Å²) in [4.78, 5) is 24.3. The van der Waals surface area contributed by atoms with E-state index in [1.165, 1.54) is 5.56 Å². The SMILES string of the molecule is CCOC(=O)C1NC(=O)CC12CCC(C)c1ccccc12. The molecule has 112 valence electrons. The van der Waals surface area contributed by atoms with Gasteiger partial charge in [-0.15, -0.1) is 0 Å². The minimum atomic E-state index is -0.557. The highest BCUT2D eigenvalue weighted by Crippen LogP contribution is 2.49. The molecule has 1 saturated heterocycles. The zero-order valence-electron chi connectivity index (χ0n) is 12.5. The average molecular weight is 287 g/mol. The summed E-state index contributed by atoms with van der Waals surface area (Å²) < 4.78 is 5.19. The first kappa shape index (κ1) is 14.1. The summed E-state index contributed by atoms with van der Waals surface area (Å²) in [5.41, 5.74) is 1.96. The Labute approximate surface area is 124 Å². The van der Waals surface area contributed by atoms with Gasteiger partial charge in [0.25, 0.3) is 0 Å². The maximum absolute atomic E-state index is 12.3. The maximum atomic E-state index is 12.3. The Bertz CT molecular complexity index is 583. The van der Waals surface area contributed by atoms with E-state index in [9.17, 15) is 9.59 Å². The van der Waals surface area contributed by atoms with Gasteiger partial charge in [-0.05, 0) is 36.8 Å². The molecular weight excluding hydrogens is 266 g/mol. The van der Waals surface area contributed by atoms with Crippen LogP contribution in [0.25, 0.3) is 0 Å². The van der Waals surface area contributed by atoms with Crippen LogP contribution in [-0.2, 0) is 19.7 Å². The Hall–Kier alpha value is -1.84. The molecule has 1 fully saturated rings. The Morgan fingerprint density at radius 1 is 1.43 bits per heavy atom. The van der Waals surface area contributed by atoms with Crippen LogP contribution in [0.3, 0.4) is 0 Å². The number of amides is 1. The van der Waals surface area contributed by atoms with Gasteiger partial charge in [-0.1, -0.05) is 31.2 Å². The summed E-state index contributed by atoms with van der Waals surface area (Å²) in [7, 11) is 0. The van der Waals surface area contributed by atoms with Crippen LogP contribution in [-0.4, -0.2) is 24.5 Å². The van der Waals surface area contributed by atoms with Crippen molar-refractivity contribution in [2.75, 3.05) is 6.61 Å². The van der Waals surface area contributed by atoms with Crippen LogP contribution in [0.1, 0.15) is 50.2 Å². The van der Waals surface area contributed by atoms with E-state index in [4.69, 9.17) is 4.74 Å². The lowest BCUT2D eigenvalue weighted by Gasteiger charge is -2.40. The molecule has 1 N–H and O–H groups in total. The molecule has 0 radical (unpaired) electrons. The summed E-state index contributed by atoms with van der Waals surface area (Å²) in [5.74, 6) is 0.0930. The van der Waals surface area contributed by atoms with Gasteiger partial charge in [-0.2, -0.15) is 0 Å². The number of carbonyl (C=O) groups is 2. The lowest BCUT2D eigenvalue weighted by Crippen LogP contribution is -2.49. The van der Waals surface area contributed by atoms with E-state index in [1.807, 2.05) is 12.1 Å². The summed E-state index contributed by atoms with van der Waals surface area (Å²) >= 11 is 0. The van der Waals surface area contributed by atoms with Gasteiger partial charge < -0.3 is 10.1 Å². The van der Waals surface area contributed by atoms with Crippen LogP contribution in [0.15, 0.2) is 24.3 Å². The number of carbonyl (C=O) groups excluding carboxylic acids is 2. The maximum Gasteiger partial charge on any atom is 0.329 e. The zero-order valence-corrected chi connectivity index (χ0v) is 12.5. The second-order valence-corrected chi connectivity index (χ2v) is 6.11. The smallest absolute Gasteiger partial charge is 0.329 e. The first-order valence-corrected chi connectivity index (χ1v) is 7.64. The van der Waals surface area contributed by atoms with E-state index >= 15 is 0 Å². The highest BCUT2D eigenvalue weighted by atomic mass is 16.5. The number of benzene rings is 1. The number of rotatable bonds is 2. The van der Waals surface area contributed by atoms with Crippen LogP contribution in [0.4, 0.5) is 0 Å². The minimum Gasteiger partial charge on any atom is -0.464 e. The third kappa shape index (κ3) is 2.13. The van der Waals surface area contributed by atoms with E-state index in [-0.39, 0.29) is 11.9 Å². The fourth-order valence-corrected chi connectivity index (χ4v) is 3.88. The fourth-order valence-electron chi connectivity index (χ4n) is 3.88. The van der Waals surface area contributed by atoms with Crippen LogP contribution in [0.5, 0.6) is 0 Å². The number of fused-ring (bicyclic) bond motifs is 2. The number of esters is 1. The highest BCUT2D eigenvalue weighted by Gasteiger charge is 2.54. The second-order valence-electron chi connectivity index (χ2n) is 6.11. The Morgan fingerprint density at radius 3 is 2.95 bits per heavy atom. The van der Waals surface area contributed by atoms with Crippen LogP contribution in [0.2, 0.25) is 0 Å². The topological polar surface area (TPSA) is 55.4 Å².